The van der Waals surface area contributed by atoms with E-state index in [1.807, 2.05) is 55.5 Å². The van der Waals surface area contributed by atoms with Crippen LogP contribution in [0.4, 0.5) is 0 Å². The zero-order chi connectivity index (χ0) is 13.2. The molecule has 3 heteroatoms. The maximum absolute atomic E-state index is 9.88. The van der Waals surface area contributed by atoms with Crippen molar-refractivity contribution in [1.82, 2.24) is 4.98 Å². The Kier molecular flexibility index (Phi) is 3.13. The molecule has 0 fully saturated rings. The van der Waals surface area contributed by atoms with Crippen LogP contribution in [0, 0.1) is 6.92 Å². The zero-order valence-electron chi connectivity index (χ0n) is 10.5. The van der Waals surface area contributed by atoms with E-state index in [9.17, 15) is 5.11 Å². The predicted molar refractivity (Wildman–Crippen MR) is 78.7 cm³/mol. The van der Waals surface area contributed by atoms with Gasteiger partial charge in [-0.3, -0.25) is 0 Å². The largest absolute Gasteiger partial charge is 0.507 e. The third-order valence-corrected chi connectivity index (χ3v) is 3.95. The third-order valence-electron chi connectivity index (χ3n) is 2.94. The van der Waals surface area contributed by atoms with Gasteiger partial charge in [0.15, 0.2) is 0 Å². The van der Waals surface area contributed by atoms with Crippen LogP contribution in [-0.2, 0) is 0 Å². The quantitative estimate of drug-likeness (QED) is 0.747. The molecular formula is C16H13NOS. The number of phenolic OH excluding ortho intramolecular Hbond substituents is 1. The maximum Gasteiger partial charge on any atom is 0.123 e. The standard InChI is InChI=1S/C16H13NOS/c1-11-5-4-8-16(17-11)19-15-10-9-14(18)12-6-2-3-7-13(12)15/h2-10,18H,1H3. The Balaban J connectivity index is 2.09. The molecule has 0 radical (unpaired) electrons. The van der Waals surface area contributed by atoms with Crippen molar-refractivity contribution in [2.75, 3.05) is 0 Å². The minimum atomic E-state index is 0.317. The van der Waals surface area contributed by atoms with Gasteiger partial charge in [0.05, 0.1) is 0 Å². The molecule has 1 heterocycles. The van der Waals surface area contributed by atoms with E-state index in [2.05, 4.69) is 4.98 Å². The number of rotatable bonds is 2. The number of aromatic nitrogens is 1. The molecule has 0 aliphatic rings. The fraction of sp³-hybridized carbons (Fsp3) is 0.0625. The van der Waals surface area contributed by atoms with Crippen molar-refractivity contribution in [3.8, 4) is 5.75 Å². The number of aryl methyl sites for hydroxylation is 1. The van der Waals surface area contributed by atoms with Crippen LogP contribution in [0.1, 0.15) is 5.69 Å². The predicted octanol–water partition coefficient (Wildman–Crippen LogP) is 4.40. The molecule has 0 amide bonds. The first-order valence-corrected chi connectivity index (χ1v) is 6.88. The summed E-state index contributed by atoms with van der Waals surface area (Å²) in [6.07, 6.45) is 0. The SMILES string of the molecule is Cc1cccc(Sc2ccc(O)c3ccccc23)n1. The molecule has 2 aromatic carbocycles. The molecule has 0 saturated heterocycles. The summed E-state index contributed by atoms with van der Waals surface area (Å²) in [6.45, 7) is 1.99. The Morgan fingerprint density at radius 2 is 1.68 bits per heavy atom. The van der Waals surface area contributed by atoms with E-state index < -0.39 is 0 Å². The zero-order valence-corrected chi connectivity index (χ0v) is 11.3. The molecule has 19 heavy (non-hydrogen) atoms. The van der Waals surface area contributed by atoms with Gasteiger partial charge in [-0.1, -0.05) is 42.1 Å². The van der Waals surface area contributed by atoms with Crippen LogP contribution in [0.3, 0.4) is 0 Å². The molecule has 0 atom stereocenters. The van der Waals surface area contributed by atoms with Gasteiger partial charge in [0, 0.05) is 16.0 Å². The van der Waals surface area contributed by atoms with Crippen LogP contribution in [0.15, 0.2) is 64.5 Å². The summed E-state index contributed by atoms with van der Waals surface area (Å²) in [6, 6.07) is 17.5. The van der Waals surface area contributed by atoms with Gasteiger partial charge < -0.3 is 5.11 Å². The van der Waals surface area contributed by atoms with Gasteiger partial charge in [-0.05, 0) is 36.6 Å². The minimum absolute atomic E-state index is 0.317. The van der Waals surface area contributed by atoms with Crippen molar-refractivity contribution in [2.24, 2.45) is 0 Å². The van der Waals surface area contributed by atoms with Crippen LogP contribution in [-0.4, -0.2) is 10.1 Å². The van der Waals surface area contributed by atoms with Crippen LogP contribution < -0.4 is 0 Å². The van der Waals surface area contributed by atoms with E-state index in [1.165, 1.54) is 0 Å². The number of benzene rings is 2. The highest BCUT2D eigenvalue weighted by Crippen LogP contribution is 2.36. The molecule has 0 bridgehead atoms. The van der Waals surface area contributed by atoms with Crippen molar-refractivity contribution in [1.29, 1.82) is 0 Å². The number of fused-ring (bicyclic) bond motifs is 1. The average molecular weight is 267 g/mol. The third kappa shape index (κ3) is 2.42. The second-order valence-corrected chi connectivity index (χ2v) is 5.41. The van der Waals surface area contributed by atoms with E-state index in [-0.39, 0.29) is 0 Å². The first kappa shape index (κ1) is 12.1. The number of hydrogen-bond acceptors (Lipinski definition) is 3. The summed E-state index contributed by atoms with van der Waals surface area (Å²) in [5.74, 6) is 0.317. The number of phenols is 1. The first-order valence-electron chi connectivity index (χ1n) is 6.06. The second-order valence-electron chi connectivity index (χ2n) is 4.35. The first-order chi connectivity index (χ1) is 9.24. The van der Waals surface area contributed by atoms with E-state index in [1.54, 1.807) is 17.8 Å². The molecule has 0 saturated carbocycles. The minimum Gasteiger partial charge on any atom is -0.507 e. The number of nitrogens with zero attached hydrogens (tertiary/aromatic N) is 1. The lowest BCUT2D eigenvalue weighted by atomic mass is 10.1. The van der Waals surface area contributed by atoms with Crippen LogP contribution in [0.2, 0.25) is 0 Å². The fourth-order valence-electron chi connectivity index (χ4n) is 2.03. The Morgan fingerprint density at radius 1 is 0.895 bits per heavy atom. The molecule has 3 aromatic rings. The lowest BCUT2D eigenvalue weighted by molar-refractivity contribution is 0.481. The summed E-state index contributed by atoms with van der Waals surface area (Å²) in [5, 5.41) is 12.8. The summed E-state index contributed by atoms with van der Waals surface area (Å²) in [7, 11) is 0. The number of aromatic hydroxyl groups is 1. The van der Waals surface area contributed by atoms with E-state index in [0.717, 1.165) is 26.4 Å². The number of hydrogen-bond donors (Lipinski definition) is 1. The second kappa shape index (κ2) is 4.94. The Hall–Kier alpha value is -2.00. The molecule has 0 unspecified atom stereocenters. The molecule has 0 spiro atoms. The molecule has 1 aromatic heterocycles. The highest BCUT2D eigenvalue weighted by atomic mass is 32.2. The molecule has 3 rings (SSSR count). The smallest absolute Gasteiger partial charge is 0.123 e. The van der Waals surface area contributed by atoms with Gasteiger partial charge in [0.1, 0.15) is 10.8 Å². The van der Waals surface area contributed by atoms with Gasteiger partial charge in [0.25, 0.3) is 0 Å². The Labute approximate surface area is 116 Å². The monoisotopic (exact) mass is 267 g/mol. The van der Waals surface area contributed by atoms with Crippen molar-refractivity contribution >= 4 is 22.5 Å². The summed E-state index contributed by atoms with van der Waals surface area (Å²) >= 11 is 1.62. The topological polar surface area (TPSA) is 33.1 Å². The summed E-state index contributed by atoms with van der Waals surface area (Å²) in [5.41, 5.74) is 1.01. The van der Waals surface area contributed by atoms with Crippen LogP contribution in [0.25, 0.3) is 10.8 Å². The van der Waals surface area contributed by atoms with Crippen molar-refractivity contribution in [2.45, 2.75) is 16.8 Å². The average Bonchev–Trinajstić information content (AvgIpc) is 2.42. The van der Waals surface area contributed by atoms with Gasteiger partial charge in [-0.25, -0.2) is 4.98 Å². The van der Waals surface area contributed by atoms with E-state index in [4.69, 9.17) is 0 Å². The van der Waals surface area contributed by atoms with Gasteiger partial charge in [0.2, 0.25) is 0 Å². The van der Waals surface area contributed by atoms with E-state index >= 15 is 0 Å². The van der Waals surface area contributed by atoms with Crippen LogP contribution in [0.5, 0.6) is 5.75 Å². The lowest BCUT2D eigenvalue weighted by Crippen LogP contribution is -1.84. The van der Waals surface area contributed by atoms with Crippen molar-refractivity contribution < 1.29 is 5.11 Å². The summed E-state index contributed by atoms with van der Waals surface area (Å²) < 4.78 is 0. The van der Waals surface area contributed by atoms with Gasteiger partial charge in [-0.2, -0.15) is 0 Å². The van der Waals surface area contributed by atoms with Crippen molar-refractivity contribution in [3.05, 3.63) is 60.3 Å². The maximum atomic E-state index is 9.88. The number of pyridine rings is 1. The molecule has 1 N–H and O–H groups in total. The Morgan fingerprint density at radius 3 is 2.47 bits per heavy atom. The van der Waals surface area contributed by atoms with Gasteiger partial charge in [-0.15, -0.1) is 0 Å². The molecular weight excluding hydrogens is 254 g/mol. The van der Waals surface area contributed by atoms with E-state index in [0.29, 0.717) is 5.75 Å². The fourth-order valence-corrected chi connectivity index (χ4v) is 3.02. The Bertz CT molecular complexity index is 740. The highest BCUT2D eigenvalue weighted by Gasteiger charge is 2.07. The lowest BCUT2D eigenvalue weighted by Gasteiger charge is -2.07. The molecule has 94 valence electrons. The van der Waals surface area contributed by atoms with Crippen molar-refractivity contribution in [3.63, 3.8) is 0 Å². The normalized spacial score (nSPS) is 10.8. The molecule has 0 aliphatic heterocycles. The molecule has 0 aliphatic carbocycles. The van der Waals surface area contributed by atoms with Gasteiger partial charge >= 0.3 is 0 Å². The molecule has 2 nitrogen and oxygen atoms in total. The van der Waals surface area contributed by atoms with Crippen LogP contribution >= 0.6 is 11.8 Å². The highest BCUT2D eigenvalue weighted by molar-refractivity contribution is 7.99. The summed E-state index contributed by atoms with van der Waals surface area (Å²) in [4.78, 5) is 5.60.